The Labute approximate surface area is 189 Å². The van der Waals surface area contributed by atoms with E-state index in [0.717, 1.165) is 11.0 Å². The third kappa shape index (κ3) is 25.1. The van der Waals surface area contributed by atoms with Gasteiger partial charge in [-0.1, -0.05) is 114 Å². The first-order valence-corrected chi connectivity index (χ1v) is 12.4. The van der Waals surface area contributed by atoms with Crippen molar-refractivity contribution in [3.05, 3.63) is 35.9 Å². The standard InChI is InChI=1S/C25H46N.BF4/c1-4-5-6-7-8-9-10-11-12-13-14-15-16-20-23-26(2,3)24-25-21-18-17-19-22-25;2-1(3,4)5/h17-19,21-22H,4-16,20,23-24H2,1-3H3;/q+1;-1. The van der Waals surface area contributed by atoms with Gasteiger partial charge in [0.2, 0.25) is 0 Å². The molecule has 0 aliphatic carbocycles. The number of benzene rings is 1. The smallest absolute Gasteiger partial charge is 0.418 e. The van der Waals surface area contributed by atoms with Gasteiger partial charge in [0.25, 0.3) is 0 Å². The van der Waals surface area contributed by atoms with Gasteiger partial charge < -0.3 is 21.7 Å². The lowest BCUT2D eigenvalue weighted by atomic mass is 10.0. The monoisotopic (exact) mass is 447 g/mol. The molecule has 1 rings (SSSR count). The normalized spacial score (nSPS) is 11.8. The first-order chi connectivity index (χ1) is 14.6. The van der Waals surface area contributed by atoms with Crippen LogP contribution in [0.4, 0.5) is 17.3 Å². The zero-order valence-electron chi connectivity index (χ0n) is 20.2. The van der Waals surface area contributed by atoms with Crippen molar-refractivity contribution in [3.8, 4) is 0 Å². The molecule has 182 valence electrons. The van der Waals surface area contributed by atoms with E-state index < -0.39 is 7.25 Å². The van der Waals surface area contributed by atoms with Gasteiger partial charge >= 0.3 is 7.25 Å². The molecule has 0 saturated heterocycles. The summed E-state index contributed by atoms with van der Waals surface area (Å²) < 4.78 is 40.1. The quantitative estimate of drug-likeness (QED) is 0.0967. The average Bonchev–Trinajstić information content (AvgIpc) is 2.67. The molecule has 0 spiro atoms. The number of halogens is 4. The van der Waals surface area contributed by atoms with Gasteiger partial charge in [0, 0.05) is 5.56 Å². The van der Waals surface area contributed by atoms with Crippen LogP contribution in [-0.2, 0) is 6.54 Å². The fraction of sp³-hybridized carbons (Fsp3) is 0.760. The maximum absolute atomic E-state index is 9.75. The topological polar surface area (TPSA) is 0 Å². The maximum atomic E-state index is 9.75. The third-order valence-electron chi connectivity index (χ3n) is 5.57. The largest absolute Gasteiger partial charge is 0.673 e. The number of hydrogen-bond donors (Lipinski definition) is 0. The van der Waals surface area contributed by atoms with E-state index in [1.54, 1.807) is 0 Å². The fourth-order valence-corrected chi connectivity index (χ4v) is 3.89. The van der Waals surface area contributed by atoms with Gasteiger partial charge in [0.1, 0.15) is 6.54 Å². The lowest BCUT2D eigenvalue weighted by Crippen LogP contribution is -2.39. The Balaban J connectivity index is 0.00000161. The van der Waals surface area contributed by atoms with E-state index in [-0.39, 0.29) is 0 Å². The molecular weight excluding hydrogens is 401 g/mol. The Morgan fingerprint density at radius 1 is 0.613 bits per heavy atom. The van der Waals surface area contributed by atoms with E-state index in [1.807, 2.05) is 0 Å². The Morgan fingerprint density at radius 3 is 1.35 bits per heavy atom. The molecule has 0 amide bonds. The van der Waals surface area contributed by atoms with E-state index in [0.29, 0.717) is 0 Å². The summed E-state index contributed by atoms with van der Waals surface area (Å²) in [5.41, 5.74) is 1.46. The molecule has 1 nitrogen and oxygen atoms in total. The first-order valence-electron chi connectivity index (χ1n) is 12.4. The number of rotatable bonds is 17. The highest BCUT2D eigenvalue weighted by Gasteiger charge is 2.20. The highest BCUT2D eigenvalue weighted by atomic mass is 19.5. The number of unbranched alkanes of at least 4 members (excludes halogenated alkanes) is 13. The summed E-state index contributed by atoms with van der Waals surface area (Å²) in [5, 5.41) is 0. The Kier molecular flexibility index (Phi) is 17.9. The molecule has 6 heteroatoms. The second-order valence-electron chi connectivity index (χ2n) is 9.39. The highest BCUT2D eigenvalue weighted by Crippen LogP contribution is 2.15. The Bertz CT molecular complexity index is 500. The lowest BCUT2D eigenvalue weighted by Gasteiger charge is -2.30. The zero-order valence-corrected chi connectivity index (χ0v) is 20.2. The van der Waals surface area contributed by atoms with Gasteiger partial charge in [0.05, 0.1) is 20.6 Å². The Hall–Kier alpha value is -1.04. The van der Waals surface area contributed by atoms with Crippen molar-refractivity contribution in [1.29, 1.82) is 0 Å². The van der Waals surface area contributed by atoms with Gasteiger partial charge in [-0.05, 0) is 12.8 Å². The maximum Gasteiger partial charge on any atom is 0.673 e. The molecule has 0 bridgehead atoms. The SMILES string of the molecule is CCCCCCCCCCCCCCCC[N+](C)(C)Cc1ccccc1.F[B-](F)(F)F. The van der Waals surface area contributed by atoms with E-state index >= 15 is 0 Å². The Morgan fingerprint density at radius 2 is 0.968 bits per heavy atom. The van der Waals surface area contributed by atoms with Gasteiger partial charge in [-0.2, -0.15) is 0 Å². The van der Waals surface area contributed by atoms with Crippen molar-refractivity contribution in [2.75, 3.05) is 20.6 Å². The van der Waals surface area contributed by atoms with E-state index in [1.165, 1.54) is 102 Å². The number of hydrogen-bond acceptors (Lipinski definition) is 0. The van der Waals surface area contributed by atoms with Crippen LogP contribution in [0.25, 0.3) is 0 Å². The van der Waals surface area contributed by atoms with Crippen molar-refractivity contribution in [2.24, 2.45) is 0 Å². The molecule has 0 saturated carbocycles. The summed E-state index contributed by atoms with van der Waals surface area (Å²) >= 11 is 0. The van der Waals surface area contributed by atoms with Crippen LogP contribution in [-0.4, -0.2) is 32.4 Å². The molecule has 0 radical (unpaired) electrons. The second-order valence-corrected chi connectivity index (χ2v) is 9.39. The highest BCUT2D eigenvalue weighted by molar-refractivity contribution is 6.50. The summed E-state index contributed by atoms with van der Waals surface area (Å²) in [7, 11) is -1.26. The van der Waals surface area contributed by atoms with Gasteiger partial charge in [-0.15, -0.1) is 0 Å². The molecule has 0 fully saturated rings. The summed E-state index contributed by atoms with van der Waals surface area (Å²) in [6, 6.07) is 10.9. The van der Waals surface area contributed by atoms with Crippen molar-refractivity contribution in [2.45, 2.75) is 103 Å². The zero-order chi connectivity index (χ0) is 23.4. The van der Waals surface area contributed by atoms with Crippen LogP contribution in [0.1, 0.15) is 102 Å². The van der Waals surface area contributed by atoms with Crippen LogP contribution >= 0.6 is 0 Å². The van der Waals surface area contributed by atoms with Crippen LogP contribution < -0.4 is 0 Å². The van der Waals surface area contributed by atoms with Gasteiger partial charge in [0.15, 0.2) is 0 Å². The summed E-state index contributed by atoms with van der Waals surface area (Å²) in [6.07, 6.45) is 20.2. The molecule has 0 atom stereocenters. The predicted octanol–water partition coefficient (Wildman–Crippen LogP) is 9.04. The summed E-state index contributed by atoms with van der Waals surface area (Å²) in [4.78, 5) is 0. The van der Waals surface area contributed by atoms with E-state index in [9.17, 15) is 17.3 Å². The van der Waals surface area contributed by atoms with Gasteiger partial charge in [-0.3, -0.25) is 0 Å². The molecule has 31 heavy (non-hydrogen) atoms. The molecule has 0 N–H and O–H groups in total. The second kappa shape index (κ2) is 18.5. The summed E-state index contributed by atoms with van der Waals surface area (Å²) in [5.74, 6) is 0. The van der Waals surface area contributed by atoms with Crippen LogP contribution in [0.15, 0.2) is 30.3 Å². The van der Waals surface area contributed by atoms with Crippen molar-refractivity contribution in [1.82, 2.24) is 0 Å². The van der Waals surface area contributed by atoms with Gasteiger partial charge in [-0.25, -0.2) is 0 Å². The van der Waals surface area contributed by atoms with Crippen LogP contribution in [0, 0.1) is 0 Å². The average molecular weight is 447 g/mol. The minimum atomic E-state index is -6.00. The fourth-order valence-electron chi connectivity index (χ4n) is 3.89. The van der Waals surface area contributed by atoms with E-state index in [2.05, 4.69) is 51.4 Å². The molecule has 0 aliphatic heterocycles. The third-order valence-corrected chi connectivity index (χ3v) is 5.57. The first kappa shape index (κ1) is 30.0. The lowest BCUT2D eigenvalue weighted by molar-refractivity contribution is -0.903. The summed E-state index contributed by atoms with van der Waals surface area (Å²) in [6.45, 7) is 4.75. The number of nitrogens with zero attached hydrogens (tertiary/aromatic N) is 1. The molecule has 0 aromatic heterocycles. The van der Waals surface area contributed by atoms with Crippen LogP contribution in [0.5, 0.6) is 0 Å². The van der Waals surface area contributed by atoms with Crippen molar-refractivity contribution in [3.63, 3.8) is 0 Å². The molecule has 0 heterocycles. The molecule has 0 unspecified atom stereocenters. The predicted molar refractivity (Wildman–Crippen MR) is 128 cm³/mol. The van der Waals surface area contributed by atoms with Crippen LogP contribution in [0.2, 0.25) is 0 Å². The molecule has 1 aromatic carbocycles. The molecule has 0 aliphatic rings. The molecular formula is C25H46BF4N. The molecule has 1 aromatic rings. The van der Waals surface area contributed by atoms with Crippen molar-refractivity contribution < 1.29 is 21.7 Å². The minimum absolute atomic E-state index is 1.11. The van der Waals surface area contributed by atoms with E-state index in [4.69, 9.17) is 0 Å². The van der Waals surface area contributed by atoms with Crippen molar-refractivity contribution >= 4 is 7.25 Å². The van der Waals surface area contributed by atoms with Crippen LogP contribution in [0.3, 0.4) is 0 Å². The minimum Gasteiger partial charge on any atom is -0.418 e. The number of quaternary nitrogens is 1.